The summed E-state index contributed by atoms with van der Waals surface area (Å²) in [4.78, 5) is 0. The van der Waals surface area contributed by atoms with Crippen LogP contribution in [0.4, 0.5) is 0 Å². The summed E-state index contributed by atoms with van der Waals surface area (Å²) in [5.74, 6) is 0. The third kappa shape index (κ3) is 1.71. The van der Waals surface area contributed by atoms with E-state index in [2.05, 4.69) is 0 Å². The molecule has 0 aromatic carbocycles. The molecule has 0 atom stereocenters. The van der Waals surface area contributed by atoms with Crippen LogP contribution in [-0.4, -0.2) is 50.6 Å². The van der Waals surface area contributed by atoms with Crippen LogP contribution in [0.5, 0.6) is 0 Å². The van der Waals surface area contributed by atoms with E-state index >= 15 is 0 Å². The molecule has 0 amide bonds. The van der Waals surface area contributed by atoms with Crippen molar-refractivity contribution in [1.82, 2.24) is 0 Å². The van der Waals surface area contributed by atoms with Gasteiger partial charge in [-0.2, -0.15) is 5.26 Å². The highest BCUT2D eigenvalue weighted by molar-refractivity contribution is 7.95. The fourth-order valence-corrected chi connectivity index (χ4v) is 1.05. The van der Waals surface area contributed by atoms with Gasteiger partial charge in [0.05, 0.1) is 31.4 Å². The van der Waals surface area contributed by atoms with E-state index in [0.29, 0.717) is 0 Å². The van der Waals surface area contributed by atoms with E-state index in [1.165, 1.54) is 6.07 Å². The van der Waals surface area contributed by atoms with Gasteiger partial charge in [0.2, 0.25) is 0 Å². The second-order valence-corrected chi connectivity index (χ2v) is 4.77. The van der Waals surface area contributed by atoms with E-state index in [-0.39, 0.29) is 0 Å². The summed E-state index contributed by atoms with van der Waals surface area (Å²) in [6.07, 6.45) is 0.749. The first-order valence-corrected chi connectivity index (χ1v) is 4.72. The molecule has 0 heterocycles. The Morgan fingerprint density at radius 2 is 1.58 bits per heavy atom. The first kappa shape index (κ1) is 11.7. The molecular weight excluding hydrogens is 169 g/mol. The number of rotatable bonds is 2. The van der Waals surface area contributed by atoms with E-state index in [4.69, 9.17) is 36.6 Å². The van der Waals surface area contributed by atoms with Crippen LogP contribution < -0.4 is 0 Å². The molecule has 8 radical (unpaired) electrons. The van der Waals surface area contributed by atoms with Crippen LogP contribution in [0.3, 0.4) is 0 Å². The Labute approximate surface area is 77.5 Å². The molecule has 0 rings (SSSR count). The van der Waals surface area contributed by atoms with Crippen molar-refractivity contribution in [3.05, 3.63) is 0 Å². The first-order chi connectivity index (χ1) is 5.06. The van der Waals surface area contributed by atoms with E-state index in [1.54, 1.807) is 0 Å². The molecule has 0 fully saturated rings. The molecule has 0 saturated heterocycles. The molecule has 0 aromatic heterocycles. The van der Waals surface area contributed by atoms with Gasteiger partial charge < -0.3 is 0 Å². The number of sulfone groups is 1. The van der Waals surface area contributed by atoms with Gasteiger partial charge in [-0.05, 0) is 9.76 Å². The molecule has 0 aliphatic rings. The quantitative estimate of drug-likeness (QED) is 0.453. The Bertz CT molecular complexity index is 314. The topological polar surface area (TPSA) is 57.9 Å². The predicted octanol–water partition coefficient (Wildman–Crippen LogP) is -2.00. The van der Waals surface area contributed by atoms with Crippen LogP contribution in [0.15, 0.2) is 0 Å². The normalized spacial score (nSPS) is 13.7. The van der Waals surface area contributed by atoms with Crippen LogP contribution in [0.1, 0.15) is 0 Å². The van der Waals surface area contributed by atoms with Gasteiger partial charge in [0.1, 0.15) is 9.84 Å². The van der Waals surface area contributed by atoms with Crippen LogP contribution >= 0.6 is 0 Å². The third-order valence-corrected chi connectivity index (χ3v) is 3.01. The number of nitrogens with zero attached hydrogens (tertiary/aromatic N) is 1. The zero-order valence-corrected chi connectivity index (χ0v) is 7.30. The fraction of sp³-hybridized carbons (Fsp3) is 0.750. The van der Waals surface area contributed by atoms with Gasteiger partial charge >= 0.3 is 0 Å². The largest absolute Gasteiger partial charge is 0.230 e. The lowest BCUT2D eigenvalue weighted by molar-refractivity contribution is 0.592. The molecule has 0 bridgehead atoms. The summed E-state index contributed by atoms with van der Waals surface area (Å²) in [7, 11) is 16.4. The van der Waals surface area contributed by atoms with Crippen molar-refractivity contribution < 1.29 is 8.42 Å². The minimum absolute atomic E-state index is 0.749. The van der Waals surface area contributed by atoms with Crippen molar-refractivity contribution in [2.24, 2.45) is 0 Å². The SMILES string of the molecule is [B]C([B])(C#N)C([B])([B])S(C)(=O)=O. The second kappa shape index (κ2) is 2.88. The van der Waals surface area contributed by atoms with Crippen LogP contribution in [-0.2, 0) is 9.84 Å². The summed E-state index contributed by atoms with van der Waals surface area (Å²) < 4.78 is 19.3. The molecule has 0 aromatic rings. The van der Waals surface area contributed by atoms with E-state index < -0.39 is 19.6 Å². The van der Waals surface area contributed by atoms with E-state index in [1.807, 2.05) is 0 Å². The number of hydrogen-bond donors (Lipinski definition) is 0. The van der Waals surface area contributed by atoms with Crippen molar-refractivity contribution in [3.8, 4) is 6.07 Å². The summed E-state index contributed by atoms with van der Waals surface area (Å²) >= 11 is 0. The maximum absolute atomic E-state index is 10.9. The molecule has 12 heavy (non-hydrogen) atoms. The zero-order chi connectivity index (χ0) is 10.2. The van der Waals surface area contributed by atoms with Gasteiger partial charge in [0.25, 0.3) is 0 Å². The number of hydrogen-bond acceptors (Lipinski definition) is 3. The Morgan fingerprint density at radius 3 is 1.67 bits per heavy atom. The molecular formula is C4H3B4NO2S. The lowest BCUT2D eigenvalue weighted by Gasteiger charge is -2.36. The molecule has 3 nitrogen and oxygen atoms in total. The van der Waals surface area contributed by atoms with Crippen LogP contribution in [0.25, 0.3) is 0 Å². The molecule has 0 aliphatic carbocycles. The molecule has 0 saturated carbocycles. The molecule has 0 aliphatic heterocycles. The van der Waals surface area contributed by atoms with Crippen molar-refractivity contribution in [2.75, 3.05) is 6.26 Å². The van der Waals surface area contributed by atoms with Gasteiger partial charge in [-0.15, -0.1) is 0 Å². The minimum Gasteiger partial charge on any atom is -0.230 e. The fourth-order valence-electron chi connectivity index (χ4n) is 0.394. The Morgan fingerprint density at radius 1 is 1.25 bits per heavy atom. The summed E-state index contributed by atoms with van der Waals surface area (Å²) in [5, 5.41) is 6.06. The highest BCUT2D eigenvalue weighted by atomic mass is 32.2. The molecule has 8 heteroatoms. The standard InChI is InChI=1S/C4H3B4NO2S/c1-12(10,11)4(7,8)3(5,6)2-9/h1H3. The van der Waals surface area contributed by atoms with Crippen molar-refractivity contribution >= 4 is 41.2 Å². The van der Waals surface area contributed by atoms with Gasteiger partial charge in [0.15, 0.2) is 0 Å². The Hall–Kier alpha value is -0.300. The van der Waals surface area contributed by atoms with E-state index in [9.17, 15) is 8.42 Å². The third-order valence-electron chi connectivity index (χ3n) is 1.45. The Balaban J connectivity index is 5.32. The van der Waals surface area contributed by atoms with Crippen molar-refractivity contribution in [1.29, 1.82) is 5.26 Å². The summed E-state index contributed by atoms with van der Waals surface area (Å²) in [6, 6.07) is 1.31. The van der Waals surface area contributed by atoms with Gasteiger partial charge in [-0.1, -0.05) is 0 Å². The van der Waals surface area contributed by atoms with Crippen molar-refractivity contribution in [3.63, 3.8) is 0 Å². The molecule has 0 spiro atoms. The lowest BCUT2D eigenvalue weighted by atomic mass is 9.38. The monoisotopic (exact) mass is 173 g/mol. The van der Waals surface area contributed by atoms with Gasteiger partial charge in [-0.3, -0.25) is 0 Å². The highest BCUT2D eigenvalue weighted by Crippen LogP contribution is 2.32. The maximum Gasteiger partial charge on any atom is 0.137 e. The molecule has 0 unspecified atom stereocenters. The maximum atomic E-state index is 10.9. The van der Waals surface area contributed by atoms with E-state index in [0.717, 1.165) is 6.26 Å². The number of nitriles is 1. The Kier molecular flexibility index (Phi) is 2.81. The average Bonchev–Trinajstić information content (AvgIpc) is 1.85. The van der Waals surface area contributed by atoms with Gasteiger partial charge in [-0.25, -0.2) is 8.42 Å². The average molecular weight is 172 g/mol. The smallest absolute Gasteiger partial charge is 0.137 e. The van der Waals surface area contributed by atoms with Gasteiger partial charge in [0, 0.05) is 12.3 Å². The lowest BCUT2D eigenvalue weighted by Crippen LogP contribution is -2.50. The van der Waals surface area contributed by atoms with Crippen LogP contribution in [0.2, 0.25) is 5.21 Å². The molecule has 0 N–H and O–H groups in total. The zero-order valence-electron chi connectivity index (χ0n) is 6.48. The first-order valence-electron chi connectivity index (χ1n) is 2.82. The predicted molar refractivity (Wildman–Crippen MR) is 48.9 cm³/mol. The van der Waals surface area contributed by atoms with Crippen LogP contribution in [0, 0.1) is 11.3 Å². The molecule has 54 valence electrons. The van der Waals surface area contributed by atoms with Crippen molar-refractivity contribution in [2.45, 2.75) is 9.76 Å². The summed E-state index contributed by atoms with van der Waals surface area (Å²) in [5.41, 5.74) is 0. The highest BCUT2D eigenvalue weighted by Gasteiger charge is 2.42. The second-order valence-electron chi connectivity index (χ2n) is 2.55. The summed E-state index contributed by atoms with van der Waals surface area (Å²) in [6.45, 7) is 0. The minimum atomic E-state index is -3.89.